The van der Waals surface area contributed by atoms with Crippen molar-refractivity contribution in [2.75, 3.05) is 24.3 Å². The van der Waals surface area contributed by atoms with Crippen molar-refractivity contribution in [3.8, 4) is 5.88 Å². The first kappa shape index (κ1) is 20.9. The highest BCUT2D eigenvalue weighted by molar-refractivity contribution is 8.13. The minimum Gasteiger partial charge on any atom is -0.476 e. The number of thiazole rings is 1. The fraction of sp³-hybridized carbons (Fsp3) is 0.600. The van der Waals surface area contributed by atoms with Crippen LogP contribution in [-0.2, 0) is 10.3 Å². The van der Waals surface area contributed by atoms with Crippen molar-refractivity contribution in [2.24, 2.45) is 22.6 Å². The molecule has 4 atom stereocenters. The molecule has 4 N–H and O–H groups in total. The minimum atomic E-state index is -1.04. The Bertz CT molecular complexity index is 951. The summed E-state index contributed by atoms with van der Waals surface area (Å²) in [7, 11) is 0. The molecule has 0 spiro atoms. The van der Waals surface area contributed by atoms with E-state index in [0.29, 0.717) is 47.6 Å². The van der Waals surface area contributed by atoms with Gasteiger partial charge in [0.25, 0.3) is 0 Å². The van der Waals surface area contributed by atoms with Crippen LogP contribution in [0.25, 0.3) is 0 Å². The van der Waals surface area contributed by atoms with Gasteiger partial charge in [-0.2, -0.15) is 0 Å². The first-order valence-corrected chi connectivity index (χ1v) is 12.3. The molecule has 9 nitrogen and oxygen atoms in total. The predicted molar refractivity (Wildman–Crippen MR) is 120 cm³/mol. The van der Waals surface area contributed by atoms with Crippen LogP contribution in [0.5, 0.6) is 5.88 Å². The number of aromatic nitrogens is 3. The molecule has 1 saturated carbocycles. The highest BCUT2D eigenvalue weighted by Gasteiger charge is 2.49. The number of anilines is 1. The number of nitrogens with zero attached hydrogens (tertiary/aromatic N) is 4. The molecule has 4 heterocycles. The summed E-state index contributed by atoms with van der Waals surface area (Å²) in [6, 6.07) is 0. The maximum Gasteiger partial charge on any atom is 0.232 e. The molecular weight excluding hydrogens is 436 g/mol. The van der Waals surface area contributed by atoms with Gasteiger partial charge in [0.2, 0.25) is 5.88 Å². The number of amidine groups is 1. The second kappa shape index (κ2) is 8.53. The number of hydrogen-bond donors (Lipinski definition) is 3. The van der Waals surface area contributed by atoms with Crippen LogP contribution in [0.2, 0.25) is 0 Å². The average Bonchev–Trinajstić information content (AvgIpc) is 3.49. The van der Waals surface area contributed by atoms with Gasteiger partial charge in [-0.25, -0.2) is 19.9 Å². The zero-order valence-electron chi connectivity index (χ0n) is 17.2. The summed E-state index contributed by atoms with van der Waals surface area (Å²) in [6.45, 7) is 3.22. The van der Waals surface area contributed by atoms with E-state index in [2.05, 4.69) is 22.2 Å². The van der Waals surface area contributed by atoms with Gasteiger partial charge in [0.15, 0.2) is 11.4 Å². The molecule has 0 amide bonds. The molecule has 1 unspecified atom stereocenters. The van der Waals surface area contributed by atoms with Gasteiger partial charge in [-0.05, 0) is 32.1 Å². The van der Waals surface area contributed by atoms with Crippen molar-refractivity contribution in [2.45, 2.75) is 44.1 Å². The van der Waals surface area contributed by atoms with Crippen molar-refractivity contribution in [3.05, 3.63) is 28.5 Å². The lowest BCUT2D eigenvalue weighted by Crippen LogP contribution is -2.49. The Morgan fingerprint density at radius 2 is 2.26 bits per heavy atom. The Morgan fingerprint density at radius 1 is 1.39 bits per heavy atom. The van der Waals surface area contributed by atoms with Gasteiger partial charge in [0.05, 0.1) is 31.7 Å². The maximum atomic E-state index is 10.6. The fourth-order valence-corrected chi connectivity index (χ4v) is 5.84. The summed E-state index contributed by atoms with van der Waals surface area (Å²) in [5, 5.41) is 16.8. The topological polar surface area (TPSA) is 128 Å². The van der Waals surface area contributed by atoms with E-state index in [1.807, 2.05) is 5.38 Å². The summed E-state index contributed by atoms with van der Waals surface area (Å²) < 4.78 is 11.6. The van der Waals surface area contributed by atoms with E-state index in [-0.39, 0.29) is 6.10 Å². The summed E-state index contributed by atoms with van der Waals surface area (Å²) >= 11 is 3.09. The van der Waals surface area contributed by atoms with Crippen LogP contribution in [0.3, 0.4) is 0 Å². The summed E-state index contributed by atoms with van der Waals surface area (Å²) in [5.74, 6) is 2.89. The molecule has 2 aliphatic heterocycles. The highest BCUT2D eigenvalue weighted by Crippen LogP contribution is 2.47. The quantitative estimate of drug-likeness (QED) is 0.532. The number of aliphatic hydroxyl groups excluding tert-OH is 1. The standard InChI is InChI=1S/C20H26N6O3S2/c1-11-4-13-8-31-19(21)26-20(13,10-29-11)18-25-15(9-30-18)24-17(27)14-5-23-16(6-22-14)28-7-12-2-3-12/h5-6,9,11-13,17,24,27H,2-4,7-8,10H2,1H3,(H2,21,26)/t11-,13-,17?,20-/m0/s1. The largest absolute Gasteiger partial charge is 0.476 e. The van der Waals surface area contributed by atoms with Crippen molar-refractivity contribution in [3.63, 3.8) is 0 Å². The molecule has 5 rings (SSSR count). The van der Waals surface area contributed by atoms with E-state index >= 15 is 0 Å². The number of nitrogens with one attached hydrogen (secondary N) is 1. The first-order valence-electron chi connectivity index (χ1n) is 10.5. The average molecular weight is 463 g/mol. The number of aliphatic imine (C=N–C) groups is 1. The van der Waals surface area contributed by atoms with Crippen LogP contribution in [0.15, 0.2) is 22.8 Å². The van der Waals surface area contributed by atoms with Crippen LogP contribution in [0, 0.1) is 11.8 Å². The number of nitrogens with two attached hydrogens (primary N) is 1. The summed E-state index contributed by atoms with van der Waals surface area (Å²) in [5.41, 5.74) is 5.91. The van der Waals surface area contributed by atoms with E-state index in [9.17, 15) is 5.11 Å². The molecule has 0 bridgehead atoms. The van der Waals surface area contributed by atoms with Crippen LogP contribution in [-0.4, -0.2) is 50.3 Å². The molecule has 1 saturated heterocycles. The minimum absolute atomic E-state index is 0.197. The molecule has 31 heavy (non-hydrogen) atoms. The highest BCUT2D eigenvalue weighted by atomic mass is 32.2. The van der Waals surface area contributed by atoms with E-state index in [1.54, 1.807) is 11.8 Å². The number of ether oxygens (including phenoxy) is 2. The second-order valence-corrected chi connectivity index (χ2v) is 10.3. The number of rotatable bonds is 7. The lowest BCUT2D eigenvalue weighted by Gasteiger charge is -2.44. The maximum absolute atomic E-state index is 10.6. The lowest BCUT2D eigenvalue weighted by atomic mass is 9.80. The Kier molecular flexibility index (Phi) is 5.76. The van der Waals surface area contributed by atoms with Gasteiger partial charge in [0.1, 0.15) is 22.1 Å². The van der Waals surface area contributed by atoms with E-state index in [0.717, 1.165) is 17.2 Å². The molecule has 0 radical (unpaired) electrons. The van der Waals surface area contributed by atoms with Gasteiger partial charge in [-0.15, -0.1) is 11.3 Å². The fourth-order valence-electron chi connectivity index (χ4n) is 3.86. The second-order valence-electron chi connectivity index (χ2n) is 8.36. The van der Waals surface area contributed by atoms with Crippen molar-refractivity contribution >= 4 is 34.1 Å². The van der Waals surface area contributed by atoms with Gasteiger partial charge in [0, 0.05) is 17.1 Å². The Morgan fingerprint density at radius 3 is 3.03 bits per heavy atom. The van der Waals surface area contributed by atoms with E-state index < -0.39 is 11.8 Å². The molecule has 3 aliphatic rings. The molecular formula is C20H26N6O3S2. The number of aliphatic hydroxyl groups is 1. The third-order valence-electron chi connectivity index (χ3n) is 5.87. The van der Waals surface area contributed by atoms with E-state index in [1.165, 1.54) is 36.6 Å². The SMILES string of the molecule is C[C@H]1C[C@H]2CSC(N)=N[C@@]2(c2nc(NC(O)c3cnc(OCC4CC4)cn3)cs2)CO1. The zero-order valence-corrected chi connectivity index (χ0v) is 18.9. The molecule has 2 fully saturated rings. The van der Waals surface area contributed by atoms with Gasteiger partial charge < -0.3 is 25.6 Å². The summed E-state index contributed by atoms with van der Waals surface area (Å²) in [6.07, 6.45) is 5.56. The predicted octanol–water partition coefficient (Wildman–Crippen LogP) is 2.51. The third kappa shape index (κ3) is 4.50. The summed E-state index contributed by atoms with van der Waals surface area (Å²) in [4.78, 5) is 18.0. The number of hydrogen-bond acceptors (Lipinski definition) is 11. The van der Waals surface area contributed by atoms with Crippen LogP contribution in [0.1, 0.15) is 43.1 Å². The van der Waals surface area contributed by atoms with Crippen molar-refractivity contribution < 1.29 is 14.6 Å². The van der Waals surface area contributed by atoms with Gasteiger partial charge in [-0.3, -0.25) is 0 Å². The lowest BCUT2D eigenvalue weighted by molar-refractivity contribution is -0.0466. The Balaban J connectivity index is 1.28. The van der Waals surface area contributed by atoms with Crippen molar-refractivity contribution in [1.82, 2.24) is 15.0 Å². The molecule has 2 aromatic heterocycles. The molecule has 166 valence electrons. The first-order chi connectivity index (χ1) is 15.0. The van der Waals surface area contributed by atoms with Crippen LogP contribution < -0.4 is 15.8 Å². The molecule has 0 aromatic carbocycles. The number of fused-ring (bicyclic) bond motifs is 1. The van der Waals surface area contributed by atoms with Gasteiger partial charge >= 0.3 is 0 Å². The Labute approximate surface area is 188 Å². The molecule has 11 heteroatoms. The third-order valence-corrected chi connectivity index (χ3v) is 7.84. The number of thioether (sulfide) groups is 1. The van der Waals surface area contributed by atoms with E-state index in [4.69, 9.17) is 25.2 Å². The van der Waals surface area contributed by atoms with Crippen LogP contribution >= 0.6 is 23.1 Å². The smallest absolute Gasteiger partial charge is 0.232 e. The van der Waals surface area contributed by atoms with Crippen molar-refractivity contribution in [1.29, 1.82) is 0 Å². The Hall–Kier alpha value is -1.95. The monoisotopic (exact) mass is 462 g/mol. The van der Waals surface area contributed by atoms with Gasteiger partial charge in [-0.1, -0.05) is 11.8 Å². The zero-order chi connectivity index (χ0) is 21.4. The van der Waals surface area contributed by atoms with Crippen LogP contribution in [0.4, 0.5) is 5.82 Å². The molecule has 1 aliphatic carbocycles. The molecule has 2 aromatic rings. The normalized spacial score (nSPS) is 29.0.